The lowest BCUT2D eigenvalue weighted by atomic mass is 9.71. The van der Waals surface area contributed by atoms with Crippen molar-refractivity contribution in [3.05, 3.63) is 76.1 Å². The van der Waals surface area contributed by atoms with Gasteiger partial charge in [0.05, 0.1) is 33.5 Å². The Labute approximate surface area is 205 Å². The molecule has 0 spiro atoms. The molecule has 7 nitrogen and oxygen atoms in total. The van der Waals surface area contributed by atoms with Gasteiger partial charge in [0.2, 0.25) is 0 Å². The molecule has 2 unspecified atom stereocenters. The molecule has 1 aliphatic carbocycles. The van der Waals surface area contributed by atoms with E-state index in [9.17, 15) is 9.59 Å². The van der Waals surface area contributed by atoms with E-state index in [4.69, 9.17) is 18.9 Å². The van der Waals surface area contributed by atoms with E-state index in [1.54, 1.807) is 14.2 Å². The summed E-state index contributed by atoms with van der Waals surface area (Å²) in [5.74, 6) is 0.948. The Morgan fingerprint density at radius 2 is 1.77 bits per heavy atom. The van der Waals surface area contributed by atoms with Crippen molar-refractivity contribution >= 4 is 11.8 Å². The highest BCUT2D eigenvalue weighted by molar-refractivity contribution is 6.04. The number of hydrogen-bond donors (Lipinski definition) is 1. The summed E-state index contributed by atoms with van der Waals surface area (Å²) in [5.41, 5.74) is 4.39. The van der Waals surface area contributed by atoms with Gasteiger partial charge in [0.15, 0.2) is 17.3 Å². The summed E-state index contributed by atoms with van der Waals surface area (Å²) in [5, 5.41) is 3.35. The van der Waals surface area contributed by atoms with Gasteiger partial charge in [0, 0.05) is 29.3 Å². The number of methoxy groups -OCH3 is 3. The van der Waals surface area contributed by atoms with Crippen molar-refractivity contribution in [3.63, 3.8) is 0 Å². The lowest BCUT2D eigenvalue weighted by Gasteiger charge is -2.36. The van der Waals surface area contributed by atoms with Gasteiger partial charge in [-0.15, -0.1) is 0 Å². The Hall–Kier alpha value is -3.74. The molecule has 2 aliphatic rings. The summed E-state index contributed by atoms with van der Waals surface area (Å²) in [6.45, 7) is 4.29. The van der Waals surface area contributed by atoms with Crippen molar-refractivity contribution in [2.45, 2.75) is 38.5 Å². The first-order valence-electron chi connectivity index (χ1n) is 11.7. The molecule has 0 fully saturated rings. The molecule has 0 amide bonds. The molecule has 2 atom stereocenters. The second-order valence-electron chi connectivity index (χ2n) is 8.63. The molecule has 35 heavy (non-hydrogen) atoms. The van der Waals surface area contributed by atoms with E-state index >= 15 is 0 Å². The summed E-state index contributed by atoms with van der Waals surface area (Å²) in [4.78, 5) is 26.5. The second kappa shape index (κ2) is 10.3. The van der Waals surface area contributed by atoms with Crippen LogP contribution in [0.5, 0.6) is 17.2 Å². The van der Waals surface area contributed by atoms with E-state index in [1.807, 2.05) is 56.3 Å². The van der Waals surface area contributed by atoms with Crippen LogP contribution >= 0.6 is 0 Å². The van der Waals surface area contributed by atoms with Gasteiger partial charge in [0.25, 0.3) is 0 Å². The van der Waals surface area contributed by atoms with Crippen LogP contribution in [0, 0.1) is 0 Å². The highest BCUT2D eigenvalue weighted by Gasteiger charge is 2.41. The Morgan fingerprint density at radius 1 is 1.00 bits per heavy atom. The normalized spacial score (nSPS) is 19.6. The first kappa shape index (κ1) is 24.4. The van der Waals surface area contributed by atoms with Gasteiger partial charge in [-0.2, -0.15) is 0 Å². The number of Topliss-reactive ketones (excluding diaryl/α,β-unsaturated/α-hetero) is 1. The number of ketones is 1. The van der Waals surface area contributed by atoms with Crippen molar-refractivity contribution in [2.75, 3.05) is 27.9 Å². The first-order chi connectivity index (χ1) is 16.9. The minimum absolute atomic E-state index is 0.000694. The lowest BCUT2D eigenvalue weighted by molar-refractivity contribution is -0.136. The minimum Gasteiger partial charge on any atom is -0.494 e. The fraction of sp³-hybridized carbons (Fsp3) is 0.357. The lowest BCUT2D eigenvalue weighted by Crippen LogP contribution is -2.36. The molecule has 2 aromatic rings. The highest BCUT2D eigenvalue weighted by Crippen LogP contribution is 2.46. The standard InChI is InChI=1S/C28H31NO6/c1-6-35-20-9-7-8-18(12-20)26-25(28(31)34-5)16(2)29-21-13-19(14-22(30)27(21)26)17-10-11-23(32-3)24(15-17)33-4/h7-12,15,19,26,29H,6,13-14H2,1-5H3. The number of hydrogen-bond acceptors (Lipinski definition) is 7. The van der Waals surface area contributed by atoms with Crippen molar-refractivity contribution in [2.24, 2.45) is 0 Å². The maximum Gasteiger partial charge on any atom is 0.336 e. The predicted molar refractivity (Wildman–Crippen MR) is 132 cm³/mol. The maximum absolute atomic E-state index is 13.7. The van der Waals surface area contributed by atoms with Gasteiger partial charge >= 0.3 is 5.97 Å². The quantitative estimate of drug-likeness (QED) is 0.582. The third kappa shape index (κ3) is 4.63. The van der Waals surface area contributed by atoms with E-state index in [2.05, 4.69) is 5.32 Å². The Balaban J connectivity index is 1.78. The van der Waals surface area contributed by atoms with Crippen LogP contribution < -0.4 is 19.5 Å². The van der Waals surface area contributed by atoms with E-state index in [0.717, 1.165) is 16.8 Å². The fourth-order valence-corrected chi connectivity index (χ4v) is 5.05. The number of dihydropyridines is 1. The van der Waals surface area contributed by atoms with Gasteiger partial charge in [-0.3, -0.25) is 4.79 Å². The van der Waals surface area contributed by atoms with E-state index in [0.29, 0.717) is 53.5 Å². The zero-order valence-corrected chi connectivity index (χ0v) is 20.8. The van der Waals surface area contributed by atoms with E-state index in [-0.39, 0.29) is 11.7 Å². The summed E-state index contributed by atoms with van der Waals surface area (Å²) >= 11 is 0. The molecule has 2 aromatic carbocycles. The monoisotopic (exact) mass is 477 g/mol. The topological polar surface area (TPSA) is 83.1 Å². The van der Waals surface area contributed by atoms with Crippen LogP contribution in [0.15, 0.2) is 65.0 Å². The third-order valence-corrected chi connectivity index (χ3v) is 6.61. The average molecular weight is 478 g/mol. The number of benzene rings is 2. The molecule has 1 aliphatic heterocycles. The molecule has 1 N–H and O–H groups in total. The smallest absolute Gasteiger partial charge is 0.336 e. The van der Waals surface area contributed by atoms with Gasteiger partial charge < -0.3 is 24.3 Å². The largest absolute Gasteiger partial charge is 0.494 e. The molecular formula is C28H31NO6. The molecule has 7 heteroatoms. The molecular weight excluding hydrogens is 446 g/mol. The van der Waals surface area contributed by atoms with Gasteiger partial charge in [-0.1, -0.05) is 18.2 Å². The van der Waals surface area contributed by atoms with E-state index < -0.39 is 11.9 Å². The summed E-state index contributed by atoms with van der Waals surface area (Å²) in [6.07, 6.45) is 0.954. The minimum atomic E-state index is -0.530. The van der Waals surface area contributed by atoms with Crippen LogP contribution in [0.4, 0.5) is 0 Å². The van der Waals surface area contributed by atoms with Crippen LogP contribution in [0.25, 0.3) is 0 Å². The van der Waals surface area contributed by atoms with Crippen molar-refractivity contribution in [3.8, 4) is 17.2 Å². The maximum atomic E-state index is 13.7. The highest BCUT2D eigenvalue weighted by atomic mass is 16.5. The Morgan fingerprint density at radius 3 is 2.46 bits per heavy atom. The average Bonchev–Trinajstić information content (AvgIpc) is 2.87. The van der Waals surface area contributed by atoms with Crippen LogP contribution in [0.2, 0.25) is 0 Å². The van der Waals surface area contributed by atoms with Crippen LogP contribution in [-0.2, 0) is 14.3 Å². The molecule has 0 saturated heterocycles. The van der Waals surface area contributed by atoms with Gasteiger partial charge in [0.1, 0.15) is 5.75 Å². The fourth-order valence-electron chi connectivity index (χ4n) is 5.05. The summed E-state index contributed by atoms with van der Waals surface area (Å²) in [6, 6.07) is 13.3. The molecule has 1 heterocycles. The molecule has 184 valence electrons. The van der Waals surface area contributed by atoms with Crippen molar-refractivity contribution in [1.82, 2.24) is 5.32 Å². The molecule has 4 rings (SSSR count). The Bertz CT molecular complexity index is 1210. The number of carbonyl (C=O) groups is 2. The zero-order valence-electron chi connectivity index (χ0n) is 20.8. The number of rotatable bonds is 7. The van der Waals surface area contributed by atoms with Gasteiger partial charge in [-0.25, -0.2) is 4.79 Å². The number of carbonyl (C=O) groups excluding carboxylic acids is 2. The number of allylic oxidation sites excluding steroid dienone is 3. The Kier molecular flexibility index (Phi) is 7.15. The molecule has 0 saturated carbocycles. The van der Waals surface area contributed by atoms with Crippen LogP contribution in [0.3, 0.4) is 0 Å². The van der Waals surface area contributed by atoms with Crippen LogP contribution in [-0.4, -0.2) is 39.7 Å². The molecule has 0 aromatic heterocycles. The third-order valence-electron chi connectivity index (χ3n) is 6.61. The summed E-state index contributed by atoms with van der Waals surface area (Å²) < 4.78 is 21.6. The van der Waals surface area contributed by atoms with Crippen LogP contribution in [0.1, 0.15) is 49.7 Å². The second-order valence-corrected chi connectivity index (χ2v) is 8.63. The summed E-state index contributed by atoms with van der Waals surface area (Å²) in [7, 11) is 4.55. The molecule has 0 radical (unpaired) electrons. The van der Waals surface area contributed by atoms with Crippen molar-refractivity contribution < 1.29 is 28.5 Å². The first-order valence-corrected chi connectivity index (χ1v) is 11.7. The molecule has 0 bridgehead atoms. The number of ether oxygens (including phenoxy) is 4. The predicted octanol–water partition coefficient (Wildman–Crippen LogP) is 4.64. The number of esters is 1. The SMILES string of the molecule is CCOc1cccc(C2C(C(=O)OC)=C(C)NC3=C2C(=O)CC(c2ccc(OC)c(OC)c2)C3)c1. The van der Waals surface area contributed by atoms with Gasteiger partial charge in [-0.05, 0) is 61.6 Å². The number of nitrogens with one attached hydrogen (secondary N) is 1. The van der Waals surface area contributed by atoms with E-state index in [1.165, 1.54) is 7.11 Å². The van der Waals surface area contributed by atoms with Crippen molar-refractivity contribution in [1.29, 1.82) is 0 Å². The zero-order chi connectivity index (χ0) is 25.1.